The highest BCUT2D eigenvalue weighted by Crippen LogP contribution is 2.33. The molecule has 0 atom stereocenters. The first-order valence-corrected chi connectivity index (χ1v) is 9.06. The van der Waals surface area contributed by atoms with Crippen LogP contribution in [0.4, 0.5) is 18.3 Å². The van der Waals surface area contributed by atoms with Crippen LogP contribution < -0.4 is 9.64 Å². The average molecular weight is 450 g/mol. The van der Waals surface area contributed by atoms with E-state index in [1.165, 1.54) is 34.0 Å². The maximum absolute atomic E-state index is 13.0. The lowest BCUT2D eigenvalue weighted by Gasteiger charge is -2.21. The zero-order valence-electron chi connectivity index (χ0n) is 15.8. The Labute approximate surface area is 175 Å². The SMILES string of the molecule is CN(C)CCN(C(=O)c1ccnn1C)c1nc2ccc(OC(F)(F)F)cc2s1.Cl. The van der Waals surface area contributed by atoms with Gasteiger partial charge in [0, 0.05) is 32.4 Å². The van der Waals surface area contributed by atoms with E-state index in [1.54, 1.807) is 13.1 Å². The van der Waals surface area contributed by atoms with Crippen molar-refractivity contribution in [3.8, 4) is 5.75 Å². The van der Waals surface area contributed by atoms with E-state index in [4.69, 9.17) is 0 Å². The molecule has 0 aliphatic heterocycles. The predicted molar refractivity (Wildman–Crippen MR) is 107 cm³/mol. The third kappa shape index (κ3) is 5.58. The molecule has 1 amide bonds. The molecule has 0 saturated heterocycles. The van der Waals surface area contributed by atoms with Crippen molar-refractivity contribution < 1.29 is 22.7 Å². The zero-order valence-corrected chi connectivity index (χ0v) is 17.4. The summed E-state index contributed by atoms with van der Waals surface area (Å²) in [4.78, 5) is 20.9. The van der Waals surface area contributed by atoms with Crippen molar-refractivity contribution in [2.75, 3.05) is 32.1 Å². The number of fused-ring (bicyclic) bond motifs is 1. The molecule has 12 heteroatoms. The predicted octanol–water partition coefficient (Wildman–Crippen LogP) is 3.56. The van der Waals surface area contributed by atoms with Crippen molar-refractivity contribution in [2.24, 2.45) is 7.05 Å². The fraction of sp³-hybridized carbons (Fsp3) is 0.353. The topological polar surface area (TPSA) is 63.5 Å². The summed E-state index contributed by atoms with van der Waals surface area (Å²) in [6, 6.07) is 5.51. The fourth-order valence-corrected chi connectivity index (χ4v) is 3.53. The molecule has 158 valence electrons. The highest BCUT2D eigenvalue weighted by atomic mass is 35.5. The Balaban J connectivity index is 0.00000300. The van der Waals surface area contributed by atoms with Gasteiger partial charge in [0.25, 0.3) is 5.91 Å². The summed E-state index contributed by atoms with van der Waals surface area (Å²) < 4.78 is 43.3. The summed E-state index contributed by atoms with van der Waals surface area (Å²) >= 11 is 1.13. The largest absolute Gasteiger partial charge is 0.573 e. The van der Waals surface area contributed by atoms with Crippen LogP contribution in [0, 0.1) is 0 Å². The molecule has 0 radical (unpaired) electrons. The first kappa shape index (κ1) is 22.9. The van der Waals surface area contributed by atoms with Gasteiger partial charge in [-0.1, -0.05) is 11.3 Å². The number of halogens is 4. The Bertz CT molecular complexity index is 989. The Hall–Kier alpha value is -2.37. The van der Waals surface area contributed by atoms with Crippen LogP contribution in [0.1, 0.15) is 10.5 Å². The lowest BCUT2D eigenvalue weighted by Crippen LogP contribution is -2.37. The van der Waals surface area contributed by atoms with Gasteiger partial charge in [-0.2, -0.15) is 5.10 Å². The molecule has 29 heavy (non-hydrogen) atoms. The molecule has 0 fully saturated rings. The summed E-state index contributed by atoms with van der Waals surface area (Å²) in [5, 5.41) is 4.41. The Kier molecular flexibility index (Phi) is 7.09. The van der Waals surface area contributed by atoms with Crippen molar-refractivity contribution in [3.63, 3.8) is 0 Å². The lowest BCUT2D eigenvalue weighted by atomic mass is 10.3. The summed E-state index contributed by atoms with van der Waals surface area (Å²) in [5.41, 5.74) is 0.876. The van der Waals surface area contributed by atoms with Gasteiger partial charge in [-0.25, -0.2) is 4.98 Å². The minimum atomic E-state index is -4.77. The average Bonchev–Trinajstić information content (AvgIpc) is 3.18. The van der Waals surface area contributed by atoms with Gasteiger partial charge >= 0.3 is 6.36 Å². The molecule has 3 rings (SSSR count). The molecule has 7 nitrogen and oxygen atoms in total. The molecule has 2 aromatic heterocycles. The molecular weight excluding hydrogens is 431 g/mol. The van der Waals surface area contributed by atoms with Crippen molar-refractivity contribution in [1.82, 2.24) is 19.7 Å². The Morgan fingerprint density at radius 1 is 1.24 bits per heavy atom. The van der Waals surface area contributed by atoms with Gasteiger partial charge in [0.1, 0.15) is 11.4 Å². The zero-order chi connectivity index (χ0) is 20.5. The van der Waals surface area contributed by atoms with Gasteiger partial charge in [0.05, 0.1) is 10.2 Å². The molecule has 0 bridgehead atoms. The number of likely N-dealkylation sites (N-methyl/N-ethyl adjacent to an activating group) is 1. The standard InChI is InChI=1S/C17H18F3N5O2S.ClH/c1-23(2)8-9-25(15(26)13-6-7-21-24(13)3)16-22-12-5-4-11(10-14(12)28-16)27-17(18,19)20;/h4-7,10H,8-9H2,1-3H3;1H. The van der Waals surface area contributed by atoms with E-state index in [0.717, 1.165) is 11.3 Å². The monoisotopic (exact) mass is 449 g/mol. The number of amides is 1. The molecule has 0 spiro atoms. The number of hydrogen-bond acceptors (Lipinski definition) is 6. The molecule has 3 aromatic rings. The third-order valence-electron chi connectivity index (χ3n) is 3.87. The second-order valence-corrected chi connectivity index (χ2v) is 7.28. The van der Waals surface area contributed by atoms with Crippen molar-refractivity contribution in [1.29, 1.82) is 0 Å². The highest BCUT2D eigenvalue weighted by molar-refractivity contribution is 7.22. The number of aryl methyl sites for hydroxylation is 1. The van der Waals surface area contributed by atoms with Gasteiger partial charge in [-0.3, -0.25) is 14.4 Å². The molecule has 0 unspecified atom stereocenters. The number of rotatable bonds is 6. The highest BCUT2D eigenvalue weighted by Gasteiger charge is 2.31. The van der Waals surface area contributed by atoms with E-state index >= 15 is 0 Å². The first-order chi connectivity index (χ1) is 13.1. The number of anilines is 1. The van der Waals surface area contributed by atoms with Crippen LogP contribution in [0.5, 0.6) is 5.75 Å². The molecule has 2 heterocycles. The van der Waals surface area contributed by atoms with Gasteiger partial charge in [-0.05, 0) is 32.3 Å². The van der Waals surface area contributed by atoms with Crippen LogP contribution >= 0.6 is 23.7 Å². The molecule has 1 aromatic carbocycles. The maximum Gasteiger partial charge on any atom is 0.573 e. The van der Waals surface area contributed by atoms with E-state index in [1.807, 2.05) is 19.0 Å². The molecule has 0 N–H and O–H groups in total. The third-order valence-corrected chi connectivity index (χ3v) is 4.91. The van der Waals surface area contributed by atoms with Gasteiger partial charge in [-0.15, -0.1) is 25.6 Å². The van der Waals surface area contributed by atoms with Crippen LogP contribution in [0.3, 0.4) is 0 Å². The van der Waals surface area contributed by atoms with Crippen LogP contribution in [0.2, 0.25) is 0 Å². The number of thiazole rings is 1. The number of nitrogens with zero attached hydrogens (tertiary/aromatic N) is 5. The molecule has 0 aliphatic carbocycles. The molecule has 0 aliphatic rings. The quantitative estimate of drug-likeness (QED) is 0.576. The summed E-state index contributed by atoms with van der Waals surface area (Å²) in [6.07, 6.45) is -3.25. The number of carbonyl (C=O) groups is 1. The van der Waals surface area contributed by atoms with Crippen molar-refractivity contribution in [3.05, 3.63) is 36.2 Å². The normalized spacial score (nSPS) is 11.6. The van der Waals surface area contributed by atoms with Crippen LogP contribution in [0.15, 0.2) is 30.5 Å². The number of carbonyl (C=O) groups excluding carboxylic acids is 1. The molecule has 0 saturated carbocycles. The number of alkyl halides is 3. The van der Waals surface area contributed by atoms with E-state index in [2.05, 4.69) is 14.8 Å². The van der Waals surface area contributed by atoms with Gasteiger partial charge in [0.15, 0.2) is 5.13 Å². The molecular formula is C17H19ClF3N5O2S. The number of benzene rings is 1. The first-order valence-electron chi connectivity index (χ1n) is 8.25. The van der Waals surface area contributed by atoms with E-state index in [9.17, 15) is 18.0 Å². The lowest BCUT2D eigenvalue weighted by molar-refractivity contribution is -0.274. The van der Waals surface area contributed by atoms with Gasteiger partial charge in [0.2, 0.25) is 0 Å². The maximum atomic E-state index is 13.0. The smallest absolute Gasteiger partial charge is 0.406 e. The number of hydrogen-bond donors (Lipinski definition) is 0. The number of aromatic nitrogens is 3. The second-order valence-electron chi connectivity index (χ2n) is 6.27. The summed E-state index contributed by atoms with van der Waals surface area (Å²) in [7, 11) is 5.42. The van der Waals surface area contributed by atoms with Crippen LogP contribution in [-0.4, -0.2) is 59.1 Å². The Morgan fingerprint density at radius 2 is 1.97 bits per heavy atom. The summed E-state index contributed by atoms with van der Waals surface area (Å²) in [5.74, 6) is -0.610. The van der Waals surface area contributed by atoms with E-state index < -0.39 is 6.36 Å². The van der Waals surface area contributed by atoms with E-state index in [-0.39, 0.29) is 24.1 Å². The van der Waals surface area contributed by atoms with Crippen LogP contribution in [-0.2, 0) is 7.05 Å². The minimum Gasteiger partial charge on any atom is -0.406 e. The second kappa shape index (κ2) is 8.97. The minimum absolute atomic E-state index is 0. The summed E-state index contributed by atoms with van der Waals surface area (Å²) in [6.45, 7) is 0.949. The van der Waals surface area contributed by atoms with E-state index in [0.29, 0.717) is 34.1 Å². The Morgan fingerprint density at radius 3 is 2.55 bits per heavy atom. The van der Waals surface area contributed by atoms with Crippen molar-refractivity contribution in [2.45, 2.75) is 6.36 Å². The van der Waals surface area contributed by atoms with Crippen molar-refractivity contribution >= 4 is 45.0 Å². The van der Waals surface area contributed by atoms with Crippen LogP contribution in [0.25, 0.3) is 10.2 Å². The fourth-order valence-electron chi connectivity index (χ4n) is 2.51. The van der Waals surface area contributed by atoms with Gasteiger partial charge < -0.3 is 9.64 Å². The number of ether oxygens (including phenoxy) is 1.